The number of halogens is 1. The molecule has 0 spiro atoms. The highest BCUT2D eigenvalue weighted by molar-refractivity contribution is 5.95. The van der Waals surface area contributed by atoms with E-state index in [-0.39, 0.29) is 29.4 Å². The van der Waals surface area contributed by atoms with Crippen LogP contribution in [0.5, 0.6) is 11.5 Å². The number of ether oxygens (including phenoxy) is 2. The number of benzene rings is 2. The topological polar surface area (TPSA) is 175 Å². The number of anilines is 1. The van der Waals surface area contributed by atoms with Crippen LogP contribution in [0, 0.1) is 5.82 Å². The van der Waals surface area contributed by atoms with Crippen molar-refractivity contribution >= 4 is 33.7 Å². The molecule has 55 heavy (non-hydrogen) atoms. The van der Waals surface area contributed by atoms with Crippen LogP contribution in [-0.4, -0.2) is 105 Å². The minimum atomic E-state index is -0.354. The fraction of sp³-hybridized carbons (Fsp3) is 0.436. The van der Waals surface area contributed by atoms with E-state index >= 15 is 0 Å². The number of carbonyl (C=O) groups excluding carboxylic acids is 1. The van der Waals surface area contributed by atoms with Crippen LogP contribution in [0.1, 0.15) is 31.4 Å². The molecule has 3 aromatic heterocycles. The van der Waals surface area contributed by atoms with Crippen LogP contribution in [-0.2, 0) is 24.4 Å². The Morgan fingerprint density at radius 3 is 2.09 bits per heavy atom. The lowest BCUT2D eigenvalue weighted by molar-refractivity contribution is -0.118. The summed E-state index contributed by atoms with van der Waals surface area (Å²) in [5, 5.41) is 6.40. The van der Waals surface area contributed by atoms with Crippen molar-refractivity contribution in [2.24, 2.45) is 5.73 Å². The number of fused-ring (bicyclic) bond motifs is 3. The van der Waals surface area contributed by atoms with Crippen molar-refractivity contribution in [1.82, 2.24) is 39.2 Å². The third kappa shape index (κ3) is 9.51. The van der Waals surface area contributed by atoms with E-state index in [1.165, 1.54) is 24.5 Å². The van der Waals surface area contributed by atoms with Crippen LogP contribution >= 0.6 is 0 Å². The number of nitrogens with one attached hydrogen (secondary N) is 2. The molecular formula is C39H47FN10O5. The normalized spacial score (nSPS) is 17.0. The van der Waals surface area contributed by atoms with E-state index in [0.29, 0.717) is 59.9 Å². The van der Waals surface area contributed by atoms with Crippen molar-refractivity contribution in [2.75, 3.05) is 58.3 Å². The molecule has 0 radical (unpaired) electrons. The highest BCUT2D eigenvalue weighted by Crippen LogP contribution is 2.27. The summed E-state index contributed by atoms with van der Waals surface area (Å²) in [6.07, 6.45) is 8.36. The van der Waals surface area contributed by atoms with Gasteiger partial charge in [0.1, 0.15) is 11.6 Å². The number of likely N-dealkylation sites (tertiary alicyclic amines) is 2. The SMILES string of the molecule is COc1ccc2ncc(=O)n(CCN3CCC(NCc4cc5c(cn4)OCC(=O)N5)CC3)c2c1.NC1CCN(CCn2c(=O)cnc3ccc(F)cc32)CC1. The summed E-state index contributed by atoms with van der Waals surface area (Å²) < 4.78 is 27.5. The molecule has 16 heteroatoms. The lowest BCUT2D eigenvalue weighted by atomic mass is 10.0. The summed E-state index contributed by atoms with van der Waals surface area (Å²) >= 11 is 0. The molecule has 0 saturated carbocycles. The predicted octanol–water partition coefficient (Wildman–Crippen LogP) is 2.34. The molecule has 0 atom stereocenters. The van der Waals surface area contributed by atoms with Gasteiger partial charge in [-0.15, -0.1) is 0 Å². The predicted molar refractivity (Wildman–Crippen MR) is 207 cm³/mol. The zero-order valence-electron chi connectivity index (χ0n) is 31.0. The molecule has 15 nitrogen and oxygen atoms in total. The van der Waals surface area contributed by atoms with Crippen LogP contribution in [0.3, 0.4) is 0 Å². The highest BCUT2D eigenvalue weighted by Gasteiger charge is 2.21. The molecule has 290 valence electrons. The highest BCUT2D eigenvalue weighted by atomic mass is 19.1. The largest absolute Gasteiger partial charge is 0.497 e. The molecule has 8 rings (SSSR count). The maximum atomic E-state index is 13.4. The fourth-order valence-electron chi connectivity index (χ4n) is 7.26. The molecule has 2 aromatic carbocycles. The minimum absolute atomic E-state index is 0.0328. The number of hydrogen-bond donors (Lipinski definition) is 3. The molecule has 6 heterocycles. The number of aromatic nitrogens is 5. The van der Waals surface area contributed by atoms with Gasteiger partial charge in [0.2, 0.25) is 0 Å². The van der Waals surface area contributed by atoms with Crippen molar-refractivity contribution in [3.63, 3.8) is 0 Å². The second-order valence-corrected chi connectivity index (χ2v) is 14.2. The zero-order chi connectivity index (χ0) is 38.3. The van der Waals surface area contributed by atoms with E-state index < -0.39 is 0 Å². The Morgan fingerprint density at radius 1 is 0.818 bits per heavy atom. The number of amides is 1. The molecule has 3 aliphatic heterocycles. The Balaban J connectivity index is 0.000000190. The second-order valence-electron chi connectivity index (χ2n) is 14.2. The summed E-state index contributed by atoms with van der Waals surface area (Å²) in [6.45, 7) is 7.20. The van der Waals surface area contributed by atoms with Crippen LogP contribution in [0.15, 0.2) is 70.6 Å². The Morgan fingerprint density at radius 2 is 1.44 bits per heavy atom. The molecule has 0 unspecified atom stereocenters. The van der Waals surface area contributed by atoms with Crippen LogP contribution in [0.25, 0.3) is 22.1 Å². The van der Waals surface area contributed by atoms with Crippen LogP contribution < -0.4 is 37.0 Å². The van der Waals surface area contributed by atoms with Gasteiger partial charge in [-0.2, -0.15) is 0 Å². The van der Waals surface area contributed by atoms with Gasteiger partial charge in [0.25, 0.3) is 17.0 Å². The van der Waals surface area contributed by atoms with Crippen molar-refractivity contribution in [3.8, 4) is 11.5 Å². The number of pyridine rings is 1. The lowest BCUT2D eigenvalue weighted by Crippen LogP contribution is -2.43. The van der Waals surface area contributed by atoms with Gasteiger partial charge in [0.05, 0.1) is 59.1 Å². The number of carbonyl (C=O) groups is 1. The smallest absolute Gasteiger partial charge is 0.269 e. The molecule has 1 amide bonds. The van der Waals surface area contributed by atoms with E-state index in [0.717, 1.165) is 81.7 Å². The van der Waals surface area contributed by atoms with E-state index in [1.54, 1.807) is 28.5 Å². The van der Waals surface area contributed by atoms with Crippen molar-refractivity contribution in [3.05, 3.63) is 93.3 Å². The number of methoxy groups -OCH3 is 1. The average molecular weight is 755 g/mol. The first-order valence-electron chi connectivity index (χ1n) is 18.8. The van der Waals surface area contributed by atoms with Gasteiger partial charge in [-0.05, 0) is 88.3 Å². The number of piperidine rings is 2. The maximum Gasteiger partial charge on any atom is 0.269 e. The fourth-order valence-corrected chi connectivity index (χ4v) is 7.26. The molecule has 0 aliphatic carbocycles. The Bertz CT molecular complexity index is 2250. The Hall–Kier alpha value is -5.29. The first-order valence-corrected chi connectivity index (χ1v) is 18.8. The molecular weight excluding hydrogens is 707 g/mol. The van der Waals surface area contributed by atoms with E-state index in [4.69, 9.17) is 15.2 Å². The average Bonchev–Trinajstić information content (AvgIpc) is 3.20. The lowest BCUT2D eigenvalue weighted by Gasteiger charge is -2.32. The summed E-state index contributed by atoms with van der Waals surface area (Å²) in [7, 11) is 1.62. The van der Waals surface area contributed by atoms with Gasteiger partial charge in [-0.1, -0.05) is 0 Å². The summed E-state index contributed by atoms with van der Waals surface area (Å²) in [5.74, 6) is 0.818. The first-order chi connectivity index (χ1) is 26.7. The number of nitrogens with zero attached hydrogens (tertiary/aromatic N) is 7. The first kappa shape index (κ1) is 38.0. The van der Waals surface area contributed by atoms with Gasteiger partial charge in [-0.25, -0.2) is 14.4 Å². The van der Waals surface area contributed by atoms with Crippen LogP contribution in [0.2, 0.25) is 0 Å². The summed E-state index contributed by atoms with van der Waals surface area (Å²) in [5.41, 5.74) is 9.90. The van der Waals surface area contributed by atoms with Crippen molar-refractivity contribution in [1.29, 1.82) is 0 Å². The van der Waals surface area contributed by atoms with Crippen LogP contribution in [0.4, 0.5) is 10.1 Å². The molecule has 0 bridgehead atoms. The van der Waals surface area contributed by atoms with Crippen molar-refractivity contribution in [2.45, 2.75) is 57.4 Å². The minimum Gasteiger partial charge on any atom is -0.497 e. The number of rotatable bonds is 10. The quantitative estimate of drug-likeness (QED) is 0.190. The monoisotopic (exact) mass is 754 g/mol. The molecule has 2 saturated heterocycles. The van der Waals surface area contributed by atoms with Gasteiger partial charge in [0, 0.05) is 50.9 Å². The number of hydrogen-bond acceptors (Lipinski definition) is 12. The van der Waals surface area contributed by atoms with E-state index in [9.17, 15) is 18.8 Å². The standard InChI is InChI=1S/C24H28N6O4.C15H19FN4O/c1-33-18-2-3-19-21(11-18)30(24(32)14-27-19)9-8-29-6-4-16(5-7-29)25-12-17-10-20-22(13-26-17)34-15-23(31)28-20;16-11-1-2-13-14(9-11)20(15(21)10-18-13)8-7-19-5-3-12(17)4-6-19/h2-3,10-11,13-14,16,25H,4-9,12,15H2,1H3,(H,28,31);1-2,9-10,12H,3-8,17H2. The van der Waals surface area contributed by atoms with Crippen molar-refractivity contribution < 1.29 is 18.7 Å². The molecule has 4 N–H and O–H groups in total. The van der Waals surface area contributed by atoms with Gasteiger partial charge < -0.3 is 44.8 Å². The Kier molecular flexibility index (Phi) is 12.1. The maximum absolute atomic E-state index is 13.4. The van der Waals surface area contributed by atoms with E-state index in [1.807, 2.05) is 24.3 Å². The molecule has 3 aliphatic rings. The molecule has 2 fully saturated rings. The Labute approximate surface area is 317 Å². The zero-order valence-corrected chi connectivity index (χ0v) is 31.0. The second kappa shape index (κ2) is 17.5. The summed E-state index contributed by atoms with van der Waals surface area (Å²) in [6, 6.07) is 12.5. The van der Waals surface area contributed by atoms with Gasteiger partial charge >= 0.3 is 0 Å². The van der Waals surface area contributed by atoms with E-state index in [2.05, 4.69) is 35.4 Å². The molecule has 5 aromatic rings. The summed E-state index contributed by atoms with van der Waals surface area (Å²) in [4.78, 5) is 53.4. The third-order valence-corrected chi connectivity index (χ3v) is 10.5. The van der Waals surface area contributed by atoms with Gasteiger partial charge in [0.15, 0.2) is 12.4 Å². The van der Waals surface area contributed by atoms with Gasteiger partial charge in [-0.3, -0.25) is 19.4 Å². The third-order valence-electron chi connectivity index (χ3n) is 10.5. The number of nitrogens with two attached hydrogens (primary N) is 1.